The lowest BCUT2D eigenvalue weighted by Gasteiger charge is -2.39. The van der Waals surface area contributed by atoms with E-state index in [1.165, 1.54) is 6.42 Å². The van der Waals surface area contributed by atoms with Crippen LogP contribution in [0.5, 0.6) is 0 Å². The van der Waals surface area contributed by atoms with Crippen LogP contribution in [0.1, 0.15) is 59.3 Å². The van der Waals surface area contributed by atoms with Gasteiger partial charge in [0, 0.05) is 12.6 Å². The second-order valence-corrected chi connectivity index (χ2v) is 5.22. The van der Waals surface area contributed by atoms with Crippen LogP contribution in [-0.2, 0) is 4.79 Å². The van der Waals surface area contributed by atoms with Crippen molar-refractivity contribution in [2.75, 3.05) is 6.54 Å². The summed E-state index contributed by atoms with van der Waals surface area (Å²) < 4.78 is 0. The van der Waals surface area contributed by atoms with Crippen molar-refractivity contribution in [3.8, 4) is 0 Å². The Morgan fingerprint density at radius 1 is 1.44 bits per heavy atom. The Morgan fingerprint density at radius 3 is 2.69 bits per heavy atom. The van der Waals surface area contributed by atoms with Crippen LogP contribution in [0.3, 0.4) is 0 Å². The summed E-state index contributed by atoms with van der Waals surface area (Å²) in [5.74, 6) is 0.154. The van der Waals surface area contributed by atoms with E-state index in [2.05, 4.69) is 13.8 Å². The molecule has 0 aromatic carbocycles. The molecular formula is C13H26N2O. The van der Waals surface area contributed by atoms with Crippen LogP contribution in [0.15, 0.2) is 0 Å². The minimum atomic E-state index is -0.667. The summed E-state index contributed by atoms with van der Waals surface area (Å²) in [6.07, 6.45) is 6.31. The summed E-state index contributed by atoms with van der Waals surface area (Å²) >= 11 is 0. The Morgan fingerprint density at radius 2 is 2.12 bits per heavy atom. The highest BCUT2D eigenvalue weighted by Crippen LogP contribution is 2.23. The van der Waals surface area contributed by atoms with Crippen LogP contribution in [0.4, 0.5) is 0 Å². The molecule has 1 rings (SSSR count). The summed E-state index contributed by atoms with van der Waals surface area (Å²) in [6.45, 7) is 7.00. The fourth-order valence-corrected chi connectivity index (χ4v) is 2.65. The molecule has 16 heavy (non-hydrogen) atoms. The summed E-state index contributed by atoms with van der Waals surface area (Å²) in [7, 11) is 0. The molecule has 3 heteroatoms. The van der Waals surface area contributed by atoms with E-state index in [0.717, 1.165) is 38.6 Å². The number of hydrogen-bond acceptors (Lipinski definition) is 2. The van der Waals surface area contributed by atoms with Crippen LogP contribution in [-0.4, -0.2) is 28.9 Å². The first-order valence-corrected chi connectivity index (χ1v) is 6.63. The molecular weight excluding hydrogens is 200 g/mol. The Labute approximate surface area is 99.4 Å². The third-order valence-corrected chi connectivity index (χ3v) is 3.62. The van der Waals surface area contributed by atoms with E-state index in [4.69, 9.17) is 5.73 Å². The molecule has 0 spiro atoms. The minimum absolute atomic E-state index is 0.154. The predicted molar refractivity (Wildman–Crippen MR) is 67.1 cm³/mol. The van der Waals surface area contributed by atoms with Gasteiger partial charge in [-0.1, -0.05) is 20.3 Å². The maximum absolute atomic E-state index is 12.4. The van der Waals surface area contributed by atoms with E-state index in [9.17, 15) is 4.79 Å². The van der Waals surface area contributed by atoms with Crippen molar-refractivity contribution in [2.24, 2.45) is 5.73 Å². The van der Waals surface area contributed by atoms with Crippen molar-refractivity contribution >= 4 is 5.91 Å². The van der Waals surface area contributed by atoms with Crippen LogP contribution >= 0.6 is 0 Å². The predicted octanol–water partition coefficient (Wildman–Crippen LogP) is 2.29. The van der Waals surface area contributed by atoms with E-state index in [1.807, 2.05) is 11.8 Å². The first kappa shape index (κ1) is 13.5. The molecule has 0 bridgehead atoms. The monoisotopic (exact) mass is 226 g/mol. The number of hydrogen-bond donors (Lipinski definition) is 1. The first-order valence-electron chi connectivity index (χ1n) is 6.63. The van der Waals surface area contributed by atoms with Crippen LogP contribution in [0.2, 0.25) is 0 Å². The summed E-state index contributed by atoms with van der Waals surface area (Å²) in [5, 5.41) is 0. The van der Waals surface area contributed by atoms with Gasteiger partial charge in [0.25, 0.3) is 0 Å². The molecule has 2 unspecified atom stereocenters. The first-order chi connectivity index (χ1) is 7.53. The lowest BCUT2D eigenvalue weighted by atomic mass is 9.92. The number of carbonyl (C=O) groups is 1. The molecule has 1 saturated heterocycles. The van der Waals surface area contributed by atoms with E-state index in [0.29, 0.717) is 6.04 Å². The van der Waals surface area contributed by atoms with E-state index < -0.39 is 5.54 Å². The number of rotatable bonds is 4. The molecule has 0 aliphatic carbocycles. The Balaban J connectivity index is 2.70. The van der Waals surface area contributed by atoms with Gasteiger partial charge in [-0.3, -0.25) is 4.79 Å². The third kappa shape index (κ3) is 2.97. The topological polar surface area (TPSA) is 46.3 Å². The lowest BCUT2D eigenvalue weighted by Crippen LogP contribution is -2.57. The number of amides is 1. The molecule has 1 heterocycles. The van der Waals surface area contributed by atoms with Crippen LogP contribution < -0.4 is 5.73 Å². The molecule has 1 aliphatic heterocycles. The largest absolute Gasteiger partial charge is 0.338 e. The van der Waals surface area contributed by atoms with E-state index in [1.54, 1.807) is 0 Å². The molecule has 0 aromatic rings. The quantitative estimate of drug-likeness (QED) is 0.799. The second-order valence-electron chi connectivity index (χ2n) is 5.22. The number of nitrogens with two attached hydrogens (primary N) is 1. The fraction of sp³-hybridized carbons (Fsp3) is 0.923. The average molecular weight is 226 g/mol. The van der Waals surface area contributed by atoms with Gasteiger partial charge in [-0.25, -0.2) is 0 Å². The Kier molecular flexibility index (Phi) is 4.78. The summed E-state index contributed by atoms with van der Waals surface area (Å²) in [5.41, 5.74) is 5.46. The number of carbonyl (C=O) groups excluding carboxylic acids is 1. The maximum Gasteiger partial charge on any atom is 0.242 e. The van der Waals surface area contributed by atoms with Gasteiger partial charge in [0.05, 0.1) is 5.54 Å². The SMILES string of the molecule is CCCC(C)(N)C(=O)N1CCCCC1CC. The van der Waals surface area contributed by atoms with Crippen molar-refractivity contribution < 1.29 is 4.79 Å². The van der Waals surface area contributed by atoms with Crippen molar-refractivity contribution in [3.05, 3.63) is 0 Å². The highest BCUT2D eigenvalue weighted by molar-refractivity contribution is 5.86. The van der Waals surface area contributed by atoms with Crippen LogP contribution in [0, 0.1) is 0 Å². The molecule has 2 N–H and O–H groups in total. The van der Waals surface area contributed by atoms with Gasteiger partial charge in [-0.2, -0.15) is 0 Å². The van der Waals surface area contributed by atoms with E-state index >= 15 is 0 Å². The normalized spacial score (nSPS) is 25.2. The van der Waals surface area contributed by atoms with Gasteiger partial charge in [0.1, 0.15) is 0 Å². The molecule has 0 aromatic heterocycles. The van der Waals surface area contributed by atoms with Crippen molar-refractivity contribution in [2.45, 2.75) is 70.9 Å². The minimum Gasteiger partial charge on any atom is -0.338 e. The van der Waals surface area contributed by atoms with Crippen molar-refractivity contribution in [1.29, 1.82) is 0 Å². The number of nitrogens with zero attached hydrogens (tertiary/aromatic N) is 1. The highest BCUT2D eigenvalue weighted by Gasteiger charge is 2.35. The van der Waals surface area contributed by atoms with Crippen molar-refractivity contribution in [1.82, 2.24) is 4.90 Å². The lowest BCUT2D eigenvalue weighted by molar-refractivity contribution is -0.140. The molecule has 0 radical (unpaired) electrons. The van der Waals surface area contributed by atoms with E-state index in [-0.39, 0.29) is 5.91 Å². The van der Waals surface area contributed by atoms with Gasteiger partial charge in [-0.15, -0.1) is 0 Å². The molecule has 1 amide bonds. The standard InChI is InChI=1S/C13H26N2O/c1-4-9-13(3,14)12(16)15-10-7-6-8-11(15)5-2/h11H,4-10,14H2,1-3H3. The third-order valence-electron chi connectivity index (χ3n) is 3.62. The van der Waals surface area contributed by atoms with Gasteiger partial charge < -0.3 is 10.6 Å². The van der Waals surface area contributed by atoms with Gasteiger partial charge >= 0.3 is 0 Å². The zero-order chi connectivity index (χ0) is 12.2. The fourth-order valence-electron chi connectivity index (χ4n) is 2.65. The number of likely N-dealkylation sites (tertiary alicyclic amines) is 1. The second kappa shape index (κ2) is 5.67. The molecule has 3 nitrogen and oxygen atoms in total. The highest BCUT2D eigenvalue weighted by atomic mass is 16.2. The van der Waals surface area contributed by atoms with Gasteiger partial charge in [0.15, 0.2) is 0 Å². The molecule has 0 saturated carbocycles. The molecule has 94 valence electrons. The average Bonchev–Trinajstić information content (AvgIpc) is 2.28. The van der Waals surface area contributed by atoms with Gasteiger partial charge in [0.2, 0.25) is 5.91 Å². The van der Waals surface area contributed by atoms with Crippen molar-refractivity contribution in [3.63, 3.8) is 0 Å². The zero-order valence-corrected chi connectivity index (χ0v) is 11.0. The number of piperidine rings is 1. The Hall–Kier alpha value is -0.570. The summed E-state index contributed by atoms with van der Waals surface area (Å²) in [4.78, 5) is 14.4. The smallest absolute Gasteiger partial charge is 0.242 e. The maximum atomic E-state index is 12.4. The molecule has 2 atom stereocenters. The Bertz CT molecular complexity index is 238. The summed E-state index contributed by atoms with van der Waals surface area (Å²) in [6, 6.07) is 0.418. The molecule has 1 aliphatic rings. The van der Waals surface area contributed by atoms with Gasteiger partial charge in [-0.05, 0) is 39.0 Å². The zero-order valence-electron chi connectivity index (χ0n) is 11.0. The van der Waals surface area contributed by atoms with Crippen LogP contribution in [0.25, 0.3) is 0 Å². The molecule has 1 fully saturated rings.